The molecule has 49 heavy (non-hydrogen) atoms. The van der Waals surface area contributed by atoms with Gasteiger partial charge in [0, 0.05) is 20.5 Å². The molecule has 1 aliphatic rings. The summed E-state index contributed by atoms with van der Waals surface area (Å²) in [7, 11) is -0.967. The van der Waals surface area contributed by atoms with E-state index in [4.69, 9.17) is 14.2 Å². The lowest BCUT2D eigenvalue weighted by Gasteiger charge is -2.48. The molecule has 0 spiro atoms. The molecular weight excluding hydrogens is 653 g/mol. The predicted molar refractivity (Wildman–Crippen MR) is 181 cm³/mol. The molecule has 264 valence electrons. The van der Waals surface area contributed by atoms with E-state index in [2.05, 4.69) is 5.32 Å². The number of sulfonamides is 1. The number of nitrogens with one attached hydrogen (secondary N) is 1. The maximum atomic E-state index is 13.9. The molecule has 3 aromatic rings. The fraction of sp³-hybridized carbons (Fsp3) is 0.417. The average Bonchev–Trinajstić information content (AvgIpc) is 3.00. The average molecular weight is 698 g/mol. The van der Waals surface area contributed by atoms with E-state index in [1.165, 1.54) is 39.5 Å². The molecule has 1 aliphatic heterocycles. The molecule has 1 N–H and O–H groups in total. The number of carbonyl (C=O) groups is 3. The summed E-state index contributed by atoms with van der Waals surface area (Å²) in [5, 5.41) is 2.53. The van der Waals surface area contributed by atoms with Crippen molar-refractivity contribution in [1.29, 1.82) is 0 Å². The molecule has 2 atom stereocenters. The van der Waals surface area contributed by atoms with Gasteiger partial charge in [-0.1, -0.05) is 56.3 Å². The molecule has 13 heteroatoms. The minimum absolute atomic E-state index is 0.0360. The van der Waals surface area contributed by atoms with Gasteiger partial charge in [0.05, 0.1) is 18.0 Å². The van der Waals surface area contributed by atoms with Crippen molar-refractivity contribution in [2.75, 3.05) is 27.2 Å². The lowest BCUT2D eigenvalue weighted by molar-refractivity contribution is -0.163. The molecule has 1 saturated heterocycles. The van der Waals surface area contributed by atoms with E-state index in [9.17, 15) is 27.2 Å². The summed E-state index contributed by atoms with van der Waals surface area (Å²) >= 11 is 0. The number of para-hydroxylation sites is 1. The first kappa shape index (κ1) is 37.3. The Morgan fingerprint density at radius 1 is 0.959 bits per heavy atom. The van der Waals surface area contributed by atoms with Crippen LogP contribution in [0.15, 0.2) is 83.8 Å². The molecule has 0 aliphatic carbocycles. The quantitative estimate of drug-likeness (QED) is 0.265. The summed E-state index contributed by atoms with van der Waals surface area (Å²) in [5.41, 5.74) is -0.883. The van der Waals surface area contributed by atoms with Gasteiger partial charge in [0.15, 0.2) is 11.7 Å². The van der Waals surface area contributed by atoms with E-state index in [1.54, 1.807) is 91.2 Å². The van der Waals surface area contributed by atoms with Gasteiger partial charge in [-0.05, 0) is 74.2 Å². The lowest BCUT2D eigenvalue weighted by Crippen LogP contribution is -2.64. The highest BCUT2D eigenvalue weighted by Crippen LogP contribution is 2.40. The molecular formula is C36H44FN3O8S. The largest absolute Gasteiger partial charge is 0.480 e. The first-order valence-electron chi connectivity index (χ1n) is 15.9. The third-order valence-electron chi connectivity index (χ3n) is 7.77. The normalized spacial score (nSPS) is 15.8. The zero-order valence-electron chi connectivity index (χ0n) is 28.8. The van der Waals surface area contributed by atoms with E-state index < -0.39 is 57.2 Å². The van der Waals surface area contributed by atoms with Crippen LogP contribution in [-0.4, -0.2) is 80.5 Å². The molecule has 0 bridgehead atoms. The Kier molecular flexibility index (Phi) is 11.4. The molecule has 4 rings (SSSR count). The molecule has 0 aromatic heterocycles. The summed E-state index contributed by atoms with van der Waals surface area (Å²) < 4.78 is 60.1. The SMILES string of the molecule is CC(C)C(OC(=O)[C@H](Cc1cccc(S(=O)(=O)N2CC(Oc3ccccc3)(c3ccc(F)cc3)C2)c1)NC(=O)OC(C)(C)C)C(=O)N(C)C. The molecule has 0 radical (unpaired) electrons. The number of hydrogen-bond donors (Lipinski definition) is 1. The van der Waals surface area contributed by atoms with Crippen LogP contribution in [0.5, 0.6) is 5.75 Å². The number of ether oxygens (including phenoxy) is 3. The Morgan fingerprint density at radius 3 is 2.16 bits per heavy atom. The van der Waals surface area contributed by atoms with Crippen LogP contribution in [0.3, 0.4) is 0 Å². The molecule has 2 amide bonds. The van der Waals surface area contributed by atoms with E-state index in [1.807, 2.05) is 6.07 Å². The van der Waals surface area contributed by atoms with Crippen LogP contribution in [0, 0.1) is 11.7 Å². The fourth-order valence-corrected chi connectivity index (χ4v) is 6.87. The number of carbonyl (C=O) groups excluding carboxylic acids is 3. The summed E-state index contributed by atoms with van der Waals surface area (Å²) in [6.45, 7) is 8.40. The van der Waals surface area contributed by atoms with Crippen molar-refractivity contribution in [3.63, 3.8) is 0 Å². The Morgan fingerprint density at radius 2 is 1.59 bits per heavy atom. The van der Waals surface area contributed by atoms with Crippen molar-refractivity contribution in [1.82, 2.24) is 14.5 Å². The zero-order chi connectivity index (χ0) is 36.1. The van der Waals surface area contributed by atoms with Crippen molar-refractivity contribution in [2.45, 2.75) is 69.3 Å². The summed E-state index contributed by atoms with van der Waals surface area (Å²) in [6.07, 6.45) is -2.14. The van der Waals surface area contributed by atoms with Crippen molar-refractivity contribution in [3.8, 4) is 5.75 Å². The van der Waals surface area contributed by atoms with E-state index in [0.29, 0.717) is 16.9 Å². The Balaban J connectivity index is 1.58. The van der Waals surface area contributed by atoms with Gasteiger partial charge in [-0.15, -0.1) is 0 Å². The smallest absolute Gasteiger partial charge is 0.408 e. The van der Waals surface area contributed by atoms with Gasteiger partial charge >= 0.3 is 12.1 Å². The zero-order valence-corrected chi connectivity index (χ0v) is 29.6. The second kappa shape index (κ2) is 15.0. The molecule has 1 heterocycles. The highest BCUT2D eigenvalue weighted by atomic mass is 32.2. The van der Waals surface area contributed by atoms with Crippen LogP contribution in [0.2, 0.25) is 0 Å². The molecule has 1 unspecified atom stereocenters. The van der Waals surface area contributed by atoms with Crippen molar-refractivity contribution in [3.05, 3.63) is 95.8 Å². The second-order valence-corrected chi connectivity index (χ2v) is 15.5. The van der Waals surface area contributed by atoms with Gasteiger partial charge in [0.25, 0.3) is 5.91 Å². The number of benzene rings is 3. The third-order valence-corrected chi connectivity index (χ3v) is 9.56. The van der Waals surface area contributed by atoms with Crippen LogP contribution >= 0.6 is 0 Å². The molecule has 1 fully saturated rings. The Labute approximate surface area is 287 Å². The van der Waals surface area contributed by atoms with Gasteiger partial charge in [-0.2, -0.15) is 4.31 Å². The van der Waals surface area contributed by atoms with Gasteiger partial charge < -0.3 is 24.4 Å². The van der Waals surface area contributed by atoms with Crippen LogP contribution in [0.25, 0.3) is 0 Å². The van der Waals surface area contributed by atoms with Crippen molar-refractivity contribution >= 4 is 28.0 Å². The number of hydrogen-bond acceptors (Lipinski definition) is 8. The van der Waals surface area contributed by atoms with E-state index in [-0.39, 0.29) is 30.3 Å². The maximum Gasteiger partial charge on any atom is 0.408 e. The van der Waals surface area contributed by atoms with Crippen molar-refractivity contribution < 1.29 is 41.4 Å². The number of nitrogens with zero attached hydrogens (tertiary/aromatic N) is 2. The fourth-order valence-electron chi connectivity index (χ4n) is 5.26. The number of amides is 2. The second-order valence-electron chi connectivity index (χ2n) is 13.6. The highest BCUT2D eigenvalue weighted by molar-refractivity contribution is 7.89. The van der Waals surface area contributed by atoms with Crippen LogP contribution in [0.1, 0.15) is 45.7 Å². The Hall–Kier alpha value is -4.49. The number of esters is 1. The monoisotopic (exact) mass is 697 g/mol. The minimum Gasteiger partial charge on any atom is -0.480 e. The van der Waals surface area contributed by atoms with Crippen LogP contribution in [0.4, 0.5) is 9.18 Å². The van der Waals surface area contributed by atoms with Crippen molar-refractivity contribution in [2.24, 2.45) is 5.92 Å². The van der Waals surface area contributed by atoms with E-state index in [0.717, 1.165) is 0 Å². The molecule has 11 nitrogen and oxygen atoms in total. The summed E-state index contributed by atoms with van der Waals surface area (Å²) in [4.78, 5) is 40.3. The summed E-state index contributed by atoms with van der Waals surface area (Å²) in [6, 6.07) is 19.4. The van der Waals surface area contributed by atoms with Gasteiger partial charge in [0.2, 0.25) is 10.0 Å². The number of rotatable bonds is 12. The maximum absolute atomic E-state index is 13.9. The predicted octanol–water partition coefficient (Wildman–Crippen LogP) is 4.90. The number of likely N-dealkylation sites (N-methyl/N-ethyl adjacent to an activating group) is 1. The highest BCUT2D eigenvalue weighted by Gasteiger charge is 2.52. The van der Waals surface area contributed by atoms with Gasteiger partial charge in [-0.25, -0.2) is 22.4 Å². The van der Waals surface area contributed by atoms with Gasteiger partial charge in [0.1, 0.15) is 23.2 Å². The van der Waals surface area contributed by atoms with Crippen LogP contribution < -0.4 is 10.1 Å². The first-order valence-corrected chi connectivity index (χ1v) is 17.3. The lowest BCUT2D eigenvalue weighted by atomic mass is 9.87. The van der Waals surface area contributed by atoms with E-state index >= 15 is 0 Å². The van der Waals surface area contributed by atoms with Gasteiger partial charge in [-0.3, -0.25) is 4.79 Å². The standard InChI is InChI=1S/C36H44FN3O8S/c1-24(2)31(32(41)39(6)7)46-33(42)30(38-34(43)48-35(3,4)5)21-25-12-11-15-29(20-25)49(44,45)40-22-36(23-40,26-16-18-27(37)19-17-26)47-28-13-9-8-10-14-28/h8-20,24,30-31H,21-23H2,1-7H3,(H,38,43)/t30-,31?/m0/s1. The number of alkyl carbamates (subject to hydrolysis) is 1. The molecule has 0 saturated carbocycles. The molecule has 3 aromatic carbocycles. The number of halogens is 1. The van der Waals surface area contributed by atoms with Crippen LogP contribution in [-0.2, 0) is 41.1 Å². The summed E-state index contributed by atoms with van der Waals surface area (Å²) in [5.74, 6) is -1.55. The minimum atomic E-state index is -4.06. The first-order chi connectivity index (χ1) is 22.9. The Bertz CT molecular complexity index is 1740. The topological polar surface area (TPSA) is 132 Å². The third kappa shape index (κ3) is 9.36.